The maximum Gasteiger partial charge on any atom is 0.258 e. The first kappa shape index (κ1) is 14.0. The van der Waals surface area contributed by atoms with Crippen LogP contribution in [0.15, 0.2) is 45.3 Å². The molecule has 0 atom stereocenters. The average Bonchev–Trinajstić information content (AvgIpc) is 2.33. The molecule has 19 heavy (non-hydrogen) atoms. The highest BCUT2D eigenvalue weighted by Crippen LogP contribution is 2.25. The summed E-state index contributed by atoms with van der Waals surface area (Å²) in [6.45, 7) is 0. The van der Waals surface area contributed by atoms with Crippen LogP contribution in [0.4, 0.5) is 15.8 Å². The van der Waals surface area contributed by atoms with E-state index in [-0.39, 0.29) is 5.56 Å². The standard InChI is InChI=1S/C13H9Br2FN2O/c14-7-1-3-9(11(16)5-7)13(19)18-12-6-8(17)2-4-10(12)15/h1-6H,17H2,(H,18,19). The minimum atomic E-state index is -0.591. The van der Waals surface area contributed by atoms with Gasteiger partial charge >= 0.3 is 0 Å². The molecule has 0 saturated carbocycles. The Morgan fingerprint density at radius 3 is 2.58 bits per heavy atom. The Hall–Kier alpha value is -1.40. The van der Waals surface area contributed by atoms with Gasteiger partial charge in [-0.15, -0.1) is 0 Å². The molecule has 3 nitrogen and oxygen atoms in total. The number of anilines is 2. The van der Waals surface area contributed by atoms with Gasteiger partial charge in [0, 0.05) is 14.6 Å². The molecule has 0 aromatic heterocycles. The SMILES string of the molecule is Nc1ccc(Br)c(NC(=O)c2ccc(Br)cc2F)c1. The Labute approximate surface area is 126 Å². The van der Waals surface area contributed by atoms with Crippen molar-refractivity contribution in [3.8, 4) is 0 Å². The highest BCUT2D eigenvalue weighted by molar-refractivity contribution is 9.10. The van der Waals surface area contributed by atoms with Gasteiger partial charge in [0.2, 0.25) is 0 Å². The number of nitrogens with one attached hydrogen (secondary N) is 1. The van der Waals surface area contributed by atoms with Crippen LogP contribution in [0, 0.1) is 5.82 Å². The van der Waals surface area contributed by atoms with Crippen LogP contribution in [0.5, 0.6) is 0 Å². The maximum absolute atomic E-state index is 13.7. The lowest BCUT2D eigenvalue weighted by Gasteiger charge is -2.09. The molecule has 0 heterocycles. The van der Waals surface area contributed by atoms with Crippen LogP contribution in [0.1, 0.15) is 10.4 Å². The highest BCUT2D eigenvalue weighted by atomic mass is 79.9. The molecule has 0 saturated heterocycles. The summed E-state index contributed by atoms with van der Waals surface area (Å²) in [6, 6.07) is 9.26. The Bertz CT molecular complexity index is 647. The van der Waals surface area contributed by atoms with Gasteiger partial charge in [0.05, 0.1) is 11.3 Å². The molecule has 0 aliphatic rings. The lowest BCUT2D eigenvalue weighted by Crippen LogP contribution is -2.14. The van der Waals surface area contributed by atoms with Crippen LogP contribution >= 0.6 is 31.9 Å². The smallest absolute Gasteiger partial charge is 0.258 e. The number of halogens is 3. The normalized spacial score (nSPS) is 10.3. The first-order chi connectivity index (χ1) is 8.97. The molecule has 2 aromatic carbocycles. The van der Waals surface area contributed by atoms with E-state index in [0.29, 0.717) is 20.3 Å². The maximum atomic E-state index is 13.7. The number of hydrogen-bond acceptors (Lipinski definition) is 2. The zero-order valence-electron chi connectivity index (χ0n) is 9.58. The van der Waals surface area contributed by atoms with Crippen molar-refractivity contribution in [2.45, 2.75) is 0 Å². The zero-order valence-corrected chi connectivity index (χ0v) is 12.8. The third-order valence-corrected chi connectivity index (χ3v) is 3.60. The Balaban J connectivity index is 2.28. The predicted molar refractivity (Wildman–Crippen MR) is 80.6 cm³/mol. The third-order valence-electron chi connectivity index (χ3n) is 2.41. The number of carbonyl (C=O) groups is 1. The first-order valence-corrected chi connectivity index (χ1v) is 6.87. The minimum absolute atomic E-state index is 0.0301. The zero-order chi connectivity index (χ0) is 14.0. The summed E-state index contributed by atoms with van der Waals surface area (Å²) in [5, 5.41) is 2.61. The van der Waals surface area contributed by atoms with Crippen LogP contribution < -0.4 is 11.1 Å². The Morgan fingerprint density at radius 2 is 1.89 bits per heavy atom. The quantitative estimate of drug-likeness (QED) is 0.759. The van der Waals surface area contributed by atoms with Crippen molar-refractivity contribution >= 4 is 49.1 Å². The van der Waals surface area contributed by atoms with E-state index in [0.717, 1.165) is 0 Å². The summed E-state index contributed by atoms with van der Waals surface area (Å²) in [5.74, 6) is -1.12. The van der Waals surface area contributed by atoms with Crippen LogP contribution in [0.3, 0.4) is 0 Å². The minimum Gasteiger partial charge on any atom is -0.399 e. The molecule has 2 rings (SSSR count). The molecule has 2 aromatic rings. The molecule has 0 unspecified atom stereocenters. The lowest BCUT2D eigenvalue weighted by atomic mass is 10.2. The number of benzene rings is 2. The average molecular weight is 388 g/mol. The number of rotatable bonds is 2. The van der Waals surface area contributed by atoms with E-state index in [1.165, 1.54) is 12.1 Å². The monoisotopic (exact) mass is 386 g/mol. The van der Waals surface area contributed by atoms with Crippen LogP contribution in [-0.2, 0) is 0 Å². The Morgan fingerprint density at radius 1 is 1.16 bits per heavy atom. The number of hydrogen-bond donors (Lipinski definition) is 2. The molecule has 0 spiro atoms. The molecule has 0 radical (unpaired) electrons. The fourth-order valence-electron chi connectivity index (χ4n) is 1.50. The molecule has 0 fully saturated rings. The predicted octanol–water partition coefficient (Wildman–Crippen LogP) is 4.19. The third kappa shape index (κ3) is 3.33. The molecule has 0 bridgehead atoms. The molecule has 3 N–H and O–H groups in total. The lowest BCUT2D eigenvalue weighted by molar-refractivity contribution is 0.102. The van der Waals surface area contributed by atoms with Gasteiger partial charge in [-0.2, -0.15) is 0 Å². The summed E-state index contributed by atoms with van der Waals surface area (Å²) in [4.78, 5) is 12.0. The number of nitrogen functional groups attached to an aromatic ring is 1. The second kappa shape index (κ2) is 5.71. The molecular formula is C13H9Br2FN2O. The van der Waals surface area contributed by atoms with Gasteiger partial charge < -0.3 is 11.1 Å². The molecule has 1 amide bonds. The summed E-state index contributed by atoms with van der Waals surface area (Å²) < 4.78 is 14.9. The van der Waals surface area contributed by atoms with Crippen molar-refractivity contribution in [2.75, 3.05) is 11.1 Å². The van der Waals surface area contributed by atoms with E-state index < -0.39 is 11.7 Å². The van der Waals surface area contributed by atoms with E-state index in [9.17, 15) is 9.18 Å². The molecule has 0 aliphatic carbocycles. The molecule has 98 valence electrons. The topological polar surface area (TPSA) is 55.1 Å². The fourth-order valence-corrected chi connectivity index (χ4v) is 2.18. The van der Waals surface area contributed by atoms with Gasteiger partial charge in [-0.05, 0) is 52.3 Å². The number of amides is 1. The van der Waals surface area contributed by atoms with Gasteiger partial charge in [-0.1, -0.05) is 15.9 Å². The summed E-state index contributed by atoms with van der Waals surface area (Å²) in [6.07, 6.45) is 0. The van der Waals surface area contributed by atoms with Gasteiger partial charge in [-0.25, -0.2) is 4.39 Å². The van der Waals surface area contributed by atoms with Crippen molar-refractivity contribution in [1.29, 1.82) is 0 Å². The van der Waals surface area contributed by atoms with E-state index >= 15 is 0 Å². The van der Waals surface area contributed by atoms with E-state index in [2.05, 4.69) is 37.2 Å². The van der Waals surface area contributed by atoms with Crippen molar-refractivity contribution in [3.05, 3.63) is 56.7 Å². The largest absolute Gasteiger partial charge is 0.399 e. The van der Waals surface area contributed by atoms with E-state index in [4.69, 9.17) is 5.73 Å². The molecular weight excluding hydrogens is 379 g/mol. The summed E-state index contributed by atoms with van der Waals surface area (Å²) in [5.41, 5.74) is 6.61. The molecule has 6 heteroatoms. The van der Waals surface area contributed by atoms with Crippen molar-refractivity contribution in [1.82, 2.24) is 0 Å². The fraction of sp³-hybridized carbons (Fsp3) is 0. The van der Waals surface area contributed by atoms with Crippen molar-refractivity contribution in [2.24, 2.45) is 0 Å². The second-order valence-electron chi connectivity index (χ2n) is 3.82. The Kier molecular flexibility index (Phi) is 4.21. The van der Waals surface area contributed by atoms with Crippen LogP contribution in [0.2, 0.25) is 0 Å². The van der Waals surface area contributed by atoms with Gasteiger partial charge in [0.15, 0.2) is 0 Å². The van der Waals surface area contributed by atoms with E-state index in [1.54, 1.807) is 24.3 Å². The van der Waals surface area contributed by atoms with Crippen LogP contribution in [0.25, 0.3) is 0 Å². The van der Waals surface area contributed by atoms with Crippen molar-refractivity contribution < 1.29 is 9.18 Å². The van der Waals surface area contributed by atoms with Crippen LogP contribution in [-0.4, -0.2) is 5.91 Å². The van der Waals surface area contributed by atoms with E-state index in [1.807, 2.05) is 0 Å². The van der Waals surface area contributed by atoms with Gasteiger partial charge in [-0.3, -0.25) is 4.79 Å². The second-order valence-corrected chi connectivity index (χ2v) is 5.59. The number of carbonyl (C=O) groups excluding carboxylic acids is 1. The molecule has 0 aliphatic heterocycles. The summed E-state index contributed by atoms with van der Waals surface area (Å²) >= 11 is 6.43. The van der Waals surface area contributed by atoms with Crippen molar-refractivity contribution in [3.63, 3.8) is 0 Å². The van der Waals surface area contributed by atoms with Gasteiger partial charge in [0.1, 0.15) is 5.82 Å². The number of nitrogens with two attached hydrogens (primary N) is 1. The highest BCUT2D eigenvalue weighted by Gasteiger charge is 2.13. The first-order valence-electron chi connectivity index (χ1n) is 5.29. The summed E-state index contributed by atoms with van der Waals surface area (Å²) in [7, 11) is 0. The van der Waals surface area contributed by atoms with Gasteiger partial charge in [0.25, 0.3) is 5.91 Å².